The van der Waals surface area contributed by atoms with Gasteiger partial charge >= 0.3 is 5.97 Å². The van der Waals surface area contributed by atoms with Gasteiger partial charge in [0.25, 0.3) is 0 Å². The van der Waals surface area contributed by atoms with Gasteiger partial charge in [-0.25, -0.2) is 8.42 Å². The highest BCUT2D eigenvalue weighted by Crippen LogP contribution is 2.16. The minimum Gasteiger partial charge on any atom is -0.468 e. The second-order valence-corrected chi connectivity index (χ2v) is 7.88. The maximum Gasteiger partial charge on any atom is 0.324 e. The number of hydrogen-bond acceptors (Lipinski definition) is 5. The van der Waals surface area contributed by atoms with E-state index in [9.17, 15) is 18.0 Å². The van der Waals surface area contributed by atoms with Crippen molar-refractivity contribution >= 4 is 39.2 Å². The van der Waals surface area contributed by atoms with E-state index in [-0.39, 0.29) is 17.2 Å². The van der Waals surface area contributed by atoms with Crippen molar-refractivity contribution in [1.29, 1.82) is 0 Å². The molecule has 1 amide bonds. The summed E-state index contributed by atoms with van der Waals surface area (Å²) in [5.41, 5.74) is 1.19. The number of rotatable bonds is 7. The molecule has 0 fully saturated rings. The number of anilines is 1. The van der Waals surface area contributed by atoms with Crippen LogP contribution < -0.4 is 10.0 Å². The molecule has 9 heteroatoms. The van der Waals surface area contributed by atoms with Gasteiger partial charge in [-0.15, -0.1) is 0 Å². The minimum atomic E-state index is -3.98. The monoisotopic (exact) mass is 410 g/mol. The minimum absolute atomic E-state index is 0.0402. The number of nitrogens with one attached hydrogen (secondary N) is 2. The Morgan fingerprint density at radius 1 is 1.07 bits per heavy atom. The van der Waals surface area contributed by atoms with Gasteiger partial charge in [0.15, 0.2) is 0 Å². The lowest BCUT2D eigenvalue weighted by molar-refractivity contribution is -0.142. The van der Waals surface area contributed by atoms with E-state index in [1.165, 1.54) is 38.3 Å². The molecule has 0 saturated heterocycles. The predicted molar refractivity (Wildman–Crippen MR) is 102 cm³/mol. The first-order valence-electron chi connectivity index (χ1n) is 7.93. The third kappa shape index (κ3) is 6.06. The maximum absolute atomic E-state index is 12.6. The Balaban J connectivity index is 2.20. The molecular weight excluding hydrogens is 392 g/mol. The number of hydrogen-bond donors (Lipinski definition) is 2. The summed E-state index contributed by atoms with van der Waals surface area (Å²) in [5, 5.41) is 3.09. The van der Waals surface area contributed by atoms with Gasteiger partial charge in [-0.05, 0) is 48.4 Å². The van der Waals surface area contributed by atoms with Crippen molar-refractivity contribution < 1.29 is 22.7 Å². The average molecular weight is 411 g/mol. The van der Waals surface area contributed by atoms with Crippen molar-refractivity contribution in [2.75, 3.05) is 12.4 Å². The van der Waals surface area contributed by atoms with Crippen LogP contribution in [0.15, 0.2) is 53.4 Å². The summed E-state index contributed by atoms with van der Waals surface area (Å²) >= 11 is 5.84. The van der Waals surface area contributed by atoms with Crippen molar-refractivity contribution in [3.8, 4) is 0 Å². The quantitative estimate of drug-likeness (QED) is 0.682. The fraction of sp³-hybridized carbons (Fsp3) is 0.222. The van der Waals surface area contributed by atoms with Crippen molar-refractivity contribution in [3.63, 3.8) is 0 Å². The molecule has 2 aromatic carbocycles. The first-order valence-corrected chi connectivity index (χ1v) is 9.79. The molecule has 27 heavy (non-hydrogen) atoms. The molecule has 0 aliphatic heterocycles. The molecule has 0 radical (unpaired) electrons. The van der Waals surface area contributed by atoms with Crippen molar-refractivity contribution in [1.82, 2.24) is 4.72 Å². The SMILES string of the molecule is COC(=O)C(Cc1ccc(Cl)cc1)NS(=O)(=O)c1ccc(NC(C)=O)cc1. The van der Waals surface area contributed by atoms with Gasteiger partial charge in [0.05, 0.1) is 12.0 Å². The van der Waals surface area contributed by atoms with E-state index in [0.29, 0.717) is 10.7 Å². The first-order chi connectivity index (χ1) is 12.7. The molecule has 2 N–H and O–H groups in total. The highest BCUT2D eigenvalue weighted by atomic mass is 35.5. The fourth-order valence-corrected chi connectivity index (χ4v) is 3.66. The van der Waals surface area contributed by atoms with Crippen LogP contribution in [0.5, 0.6) is 0 Å². The average Bonchev–Trinajstić information content (AvgIpc) is 2.62. The first kappa shape index (κ1) is 20.9. The third-order valence-electron chi connectivity index (χ3n) is 3.62. The molecule has 0 spiro atoms. The third-order valence-corrected chi connectivity index (χ3v) is 5.36. The van der Waals surface area contributed by atoms with Gasteiger partial charge in [0.1, 0.15) is 6.04 Å². The van der Waals surface area contributed by atoms with Crippen LogP contribution in [-0.2, 0) is 30.8 Å². The molecule has 0 aliphatic carbocycles. The Kier molecular flexibility index (Phi) is 6.95. The second kappa shape index (κ2) is 8.98. The highest BCUT2D eigenvalue weighted by Gasteiger charge is 2.26. The van der Waals surface area contributed by atoms with E-state index in [4.69, 9.17) is 16.3 Å². The van der Waals surface area contributed by atoms with Gasteiger partial charge < -0.3 is 10.1 Å². The standard InChI is InChI=1S/C18H19ClN2O5S/c1-12(22)20-15-7-9-16(10-8-15)27(24,25)21-17(18(23)26-2)11-13-3-5-14(19)6-4-13/h3-10,17,21H,11H2,1-2H3,(H,20,22). The lowest BCUT2D eigenvalue weighted by atomic mass is 10.1. The largest absolute Gasteiger partial charge is 0.468 e. The van der Waals surface area contributed by atoms with E-state index in [1.807, 2.05) is 0 Å². The number of esters is 1. The lowest BCUT2D eigenvalue weighted by Gasteiger charge is -2.17. The topological polar surface area (TPSA) is 102 Å². The van der Waals surface area contributed by atoms with Crippen LogP contribution >= 0.6 is 11.6 Å². The summed E-state index contributed by atoms with van der Waals surface area (Å²) in [5.74, 6) is -0.971. The fourth-order valence-electron chi connectivity index (χ4n) is 2.35. The van der Waals surface area contributed by atoms with Crippen molar-refractivity contribution in [3.05, 3.63) is 59.1 Å². The molecule has 0 aliphatic rings. The normalized spacial score (nSPS) is 12.3. The van der Waals surface area contributed by atoms with Crippen LogP contribution in [0.4, 0.5) is 5.69 Å². The van der Waals surface area contributed by atoms with Gasteiger partial charge in [-0.2, -0.15) is 4.72 Å². The Labute approximate surface area is 162 Å². The number of ether oxygens (including phenoxy) is 1. The zero-order valence-electron chi connectivity index (χ0n) is 14.7. The molecule has 2 aromatic rings. The number of carbonyl (C=O) groups excluding carboxylic acids is 2. The molecule has 0 aromatic heterocycles. The Hall–Kier alpha value is -2.42. The summed E-state index contributed by atoms with van der Waals surface area (Å²) < 4.78 is 32.3. The zero-order chi connectivity index (χ0) is 20.0. The number of halogens is 1. The summed E-state index contributed by atoms with van der Waals surface area (Å²) in [6.45, 7) is 1.35. The summed E-state index contributed by atoms with van der Waals surface area (Å²) in [6.07, 6.45) is 0.104. The van der Waals surface area contributed by atoms with E-state index in [0.717, 1.165) is 5.56 Å². The van der Waals surface area contributed by atoms with Crippen molar-refractivity contribution in [2.45, 2.75) is 24.3 Å². The van der Waals surface area contributed by atoms with Gasteiger partial charge in [0, 0.05) is 17.6 Å². The number of amides is 1. The molecule has 0 bridgehead atoms. The van der Waals surface area contributed by atoms with E-state index < -0.39 is 22.0 Å². The Morgan fingerprint density at radius 2 is 1.67 bits per heavy atom. The van der Waals surface area contributed by atoms with Crippen LogP contribution in [0.25, 0.3) is 0 Å². The molecule has 7 nitrogen and oxygen atoms in total. The smallest absolute Gasteiger partial charge is 0.324 e. The second-order valence-electron chi connectivity index (χ2n) is 5.73. The van der Waals surface area contributed by atoms with E-state index in [2.05, 4.69) is 10.0 Å². The molecule has 1 atom stereocenters. The molecule has 1 unspecified atom stereocenters. The van der Waals surface area contributed by atoms with E-state index in [1.54, 1.807) is 24.3 Å². The number of benzene rings is 2. The summed E-state index contributed by atoms with van der Waals surface area (Å²) in [7, 11) is -2.79. The molecular formula is C18H19ClN2O5S. The number of methoxy groups -OCH3 is 1. The lowest BCUT2D eigenvalue weighted by Crippen LogP contribution is -2.42. The summed E-state index contributed by atoms with van der Waals surface area (Å²) in [6, 6.07) is 11.2. The van der Waals surface area contributed by atoms with E-state index >= 15 is 0 Å². The van der Waals surface area contributed by atoms with Gasteiger partial charge in [0.2, 0.25) is 15.9 Å². The van der Waals surface area contributed by atoms with Crippen LogP contribution in [0, 0.1) is 0 Å². The molecule has 0 saturated carbocycles. The molecule has 2 rings (SSSR count). The van der Waals surface area contributed by atoms with Gasteiger partial charge in [-0.1, -0.05) is 23.7 Å². The molecule has 144 valence electrons. The Morgan fingerprint density at radius 3 is 2.19 bits per heavy atom. The van der Waals surface area contributed by atoms with Crippen LogP contribution in [0.3, 0.4) is 0 Å². The maximum atomic E-state index is 12.6. The number of carbonyl (C=O) groups is 2. The highest BCUT2D eigenvalue weighted by molar-refractivity contribution is 7.89. The van der Waals surface area contributed by atoms with Gasteiger partial charge in [-0.3, -0.25) is 9.59 Å². The predicted octanol–water partition coefficient (Wildman–Crippen LogP) is 2.36. The number of sulfonamides is 1. The van der Waals surface area contributed by atoms with Crippen LogP contribution in [0.1, 0.15) is 12.5 Å². The zero-order valence-corrected chi connectivity index (χ0v) is 16.3. The van der Waals surface area contributed by atoms with Crippen LogP contribution in [-0.4, -0.2) is 33.4 Å². The van der Waals surface area contributed by atoms with Crippen LogP contribution in [0.2, 0.25) is 5.02 Å². The Bertz CT molecular complexity index is 912. The van der Waals surface area contributed by atoms with Crippen molar-refractivity contribution in [2.24, 2.45) is 0 Å². The molecule has 0 heterocycles. The summed E-state index contributed by atoms with van der Waals surface area (Å²) in [4.78, 5) is 23.0.